The van der Waals surface area contributed by atoms with Crippen molar-refractivity contribution < 1.29 is 4.79 Å². The van der Waals surface area contributed by atoms with Crippen molar-refractivity contribution >= 4 is 16.9 Å². The van der Waals surface area contributed by atoms with Crippen LogP contribution in [0.25, 0.3) is 11.0 Å². The number of fused-ring (bicyclic) bond motifs is 1. The molecular weight excluding hydrogens is 250 g/mol. The molecular formula is C16H21N3O. The summed E-state index contributed by atoms with van der Waals surface area (Å²) in [7, 11) is 0. The summed E-state index contributed by atoms with van der Waals surface area (Å²) in [5, 5.41) is 3.03. The highest BCUT2D eigenvalue weighted by Crippen LogP contribution is 2.27. The summed E-state index contributed by atoms with van der Waals surface area (Å²) < 4.78 is 2.06. The first-order valence-corrected chi connectivity index (χ1v) is 7.48. The third-order valence-electron chi connectivity index (χ3n) is 3.79. The quantitative estimate of drug-likeness (QED) is 0.877. The molecule has 1 aliphatic carbocycles. The lowest BCUT2D eigenvalue weighted by atomic mass is 10.3. The molecule has 0 unspecified atom stereocenters. The van der Waals surface area contributed by atoms with Crippen LogP contribution in [0.15, 0.2) is 24.3 Å². The maximum Gasteiger partial charge on any atom is 0.240 e. The van der Waals surface area contributed by atoms with Crippen LogP contribution in [0.3, 0.4) is 0 Å². The average molecular weight is 271 g/mol. The Morgan fingerprint density at radius 3 is 2.95 bits per heavy atom. The topological polar surface area (TPSA) is 46.9 Å². The standard InChI is InChI=1S/C16H21N3O/c1-2-5-15-18-13-6-3-4-7-14(13)19(15)11-16(20)17-10-12-8-9-12/h3-4,6-7,12H,2,5,8-11H2,1H3,(H,17,20). The molecule has 1 N–H and O–H groups in total. The number of hydrogen-bond donors (Lipinski definition) is 1. The van der Waals surface area contributed by atoms with E-state index in [2.05, 4.69) is 21.8 Å². The summed E-state index contributed by atoms with van der Waals surface area (Å²) in [5.74, 6) is 1.82. The van der Waals surface area contributed by atoms with Crippen LogP contribution in [0.1, 0.15) is 32.0 Å². The Labute approximate surface area is 119 Å². The van der Waals surface area contributed by atoms with Crippen LogP contribution in [0.4, 0.5) is 0 Å². The molecule has 0 atom stereocenters. The molecule has 1 aliphatic rings. The van der Waals surface area contributed by atoms with Gasteiger partial charge in [0.15, 0.2) is 0 Å². The summed E-state index contributed by atoms with van der Waals surface area (Å²) >= 11 is 0. The molecule has 1 heterocycles. The molecule has 4 heteroatoms. The Kier molecular flexibility index (Phi) is 3.72. The van der Waals surface area contributed by atoms with E-state index in [0.717, 1.165) is 36.2 Å². The maximum atomic E-state index is 12.1. The minimum atomic E-state index is 0.0948. The second kappa shape index (κ2) is 5.65. The van der Waals surface area contributed by atoms with Crippen LogP contribution in [0.5, 0.6) is 0 Å². The van der Waals surface area contributed by atoms with E-state index in [1.165, 1.54) is 12.8 Å². The number of hydrogen-bond acceptors (Lipinski definition) is 2. The molecule has 1 aromatic carbocycles. The van der Waals surface area contributed by atoms with Crippen molar-refractivity contribution in [2.45, 2.75) is 39.2 Å². The second-order valence-corrected chi connectivity index (χ2v) is 5.60. The predicted molar refractivity (Wildman–Crippen MR) is 79.5 cm³/mol. The number of benzene rings is 1. The van der Waals surface area contributed by atoms with E-state index in [-0.39, 0.29) is 5.91 Å². The monoisotopic (exact) mass is 271 g/mol. The first-order valence-electron chi connectivity index (χ1n) is 7.48. The van der Waals surface area contributed by atoms with Crippen LogP contribution in [-0.4, -0.2) is 22.0 Å². The highest BCUT2D eigenvalue weighted by Gasteiger charge is 2.22. The number of aromatic nitrogens is 2. The van der Waals surface area contributed by atoms with Crippen LogP contribution in [-0.2, 0) is 17.8 Å². The summed E-state index contributed by atoms with van der Waals surface area (Å²) in [6.45, 7) is 3.34. The van der Waals surface area contributed by atoms with Crippen LogP contribution in [0, 0.1) is 5.92 Å². The number of carbonyl (C=O) groups excluding carboxylic acids is 1. The number of nitrogens with zero attached hydrogens (tertiary/aromatic N) is 2. The lowest BCUT2D eigenvalue weighted by Gasteiger charge is -2.09. The summed E-state index contributed by atoms with van der Waals surface area (Å²) in [6.07, 6.45) is 4.46. The molecule has 2 aromatic rings. The number of imidazole rings is 1. The molecule has 1 aromatic heterocycles. The zero-order valence-electron chi connectivity index (χ0n) is 11.9. The molecule has 0 aliphatic heterocycles. The Morgan fingerprint density at radius 2 is 2.20 bits per heavy atom. The largest absolute Gasteiger partial charge is 0.354 e. The van der Waals surface area contributed by atoms with Crippen LogP contribution >= 0.6 is 0 Å². The summed E-state index contributed by atoms with van der Waals surface area (Å²) in [6, 6.07) is 8.03. The van der Waals surface area contributed by atoms with Gasteiger partial charge >= 0.3 is 0 Å². The van der Waals surface area contributed by atoms with E-state index in [4.69, 9.17) is 0 Å². The Hall–Kier alpha value is -1.84. The molecule has 1 fully saturated rings. The van der Waals surface area contributed by atoms with Crippen molar-refractivity contribution in [1.82, 2.24) is 14.9 Å². The number of rotatable bonds is 6. The normalized spacial score (nSPS) is 14.7. The first-order chi connectivity index (χ1) is 9.78. The maximum absolute atomic E-state index is 12.1. The van der Waals surface area contributed by atoms with Gasteiger partial charge in [-0.3, -0.25) is 4.79 Å². The van der Waals surface area contributed by atoms with Gasteiger partial charge in [-0.05, 0) is 37.3 Å². The van der Waals surface area contributed by atoms with Gasteiger partial charge in [0.2, 0.25) is 5.91 Å². The number of aryl methyl sites for hydroxylation is 1. The number of carbonyl (C=O) groups is 1. The van der Waals surface area contributed by atoms with Crippen LogP contribution in [0.2, 0.25) is 0 Å². The van der Waals surface area contributed by atoms with Gasteiger partial charge in [0, 0.05) is 13.0 Å². The molecule has 0 bridgehead atoms. The zero-order chi connectivity index (χ0) is 13.9. The van der Waals surface area contributed by atoms with Crippen molar-refractivity contribution in [3.8, 4) is 0 Å². The number of para-hydroxylation sites is 2. The molecule has 0 radical (unpaired) electrons. The van der Waals surface area contributed by atoms with Crippen molar-refractivity contribution in [1.29, 1.82) is 0 Å². The van der Waals surface area contributed by atoms with Gasteiger partial charge in [-0.1, -0.05) is 19.1 Å². The molecule has 0 saturated heterocycles. The van der Waals surface area contributed by atoms with Crippen molar-refractivity contribution in [3.63, 3.8) is 0 Å². The fraction of sp³-hybridized carbons (Fsp3) is 0.500. The van der Waals surface area contributed by atoms with Crippen LogP contribution < -0.4 is 5.32 Å². The Morgan fingerprint density at radius 1 is 1.40 bits per heavy atom. The van der Waals surface area contributed by atoms with Crippen molar-refractivity contribution in [2.24, 2.45) is 5.92 Å². The molecule has 20 heavy (non-hydrogen) atoms. The van der Waals surface area contributed by atoms with Gasteiger partial charge in [-0.2, -0.15) is 0 Å². The smallest absolute Gasteiger partial charge is 0.240 e. The van der Waals surface area contributed by atoms with Crippen molar-refractivity contribution in [3.05, 3.63) is 30.1 Å². The van der Waals surface area contributed by atoms with Crippen molar-refractivity contribution in [2.75, 3.05) is 6.54 Å². The van der Waals surface area contributed by atoms with E-state index in [9.17, 15) is 4.79 Å². The fourth-order valence-electron chi connectivity index (χ4n) is 2.50. The van der Waals surface area contributed by atoms with E-state index in [1.807, 2.05) is 24.3 Å². The molecule has 3 rings (SSSR count). The van der Waals surface area contributed by atoms with E-state index in [1.54, 1.807) is 0 Å². The highest BCUT2D eigenvalue weighted by molar-refractivity contribution is 5.81. The number of nitrogens with one attached hydrogen (secondary N) is 1. The SMILES string of the molecule is CCCc1nc2ccccc2n1CC(=O)NCC1CC1. The van der Waals surface area contributed by atoms with Gasteiger partial charge in [0.1, 0.15) is 12.4 Å². The average Bonchev–Trinajstić information content (AvgIpc) is 3.22. The zero-order valence-corrected chi connectivity index (χ0v) is 11.9. The van der Waals surface area contributed by atoms with E-state index >= 15 is 0 Å². The second-order valence-electron chi connectivity index (χ2n) is 5.60. The lowest BCUT2D eigenvalue weighted by Crippen LogP contribution is -2.29. The van der Waals surface area contributed by atoms with Gasteiger partial charge < -0.3 is 9.88 Å². The third-order valence-corrected chi connectivity index (χ3v) is 3.79. The van der Waals surface area contributed by atoms with E-state index < -0.39 is 0 Å². The molecule has 1 amide bonds. The summed E-state index contributed by atoms with van der Waals surface area (Å²) in [4.78, 5) is 16.7. The number of amides is 1. The van der Waals surface area contributed by atoms with Gasteiger partial charge in [0.05, 0.1) is 11.0 Å². The van der Waals surface area contributed by atoms with Gasteiger partial charge in [-0.15, -0.1) is 0 Å². The first kappa shape index (κ1) is 13.2. The van der Waals surface area contributed by atoms with Gasteiger partial charge in [0.25, 0.3) is 0 Å². The predicted octanol–water partition coefficient (Wildman–Crippen LogP) is 2.52. The van der Waals surface area contributed by atoms with Gasteiger partial charge in [-0.25, -0.2) is 4.98 Å². The lowest BCUT2D eigenvalue weighted by molar-refractivity contribution is -0.121. The molecule has 106 valence electrons. The third kappa shape index (κ3) is 2.84. The highest BCUT2D eigenvalue weighted by atomic mass is 16.1. The minimum absolute atomic E-state index is 0.0948. The Bertz CT molecular complexity index is 613. The molecule has 0 spiro atoms. The summed E-state index contributed by atoms with van der Waals surface area (Å²) in [5.41, 5.74) is 2.03. The van der Waals surface area contributed by atoms with E-state index in [0.29, 0.717) is 12.5 Å². The minimum Gasteiger partial charge on any atom is -0.354 e. The fourth-order valence-corrected chi connectivity index (χ4v) is 2.50. The molecule has 4 nitrogen and oxygen atoms in total. The Balaban J connectivity index is 1.79. The molecule has 1 saturated carbocycles.